The number of carboxylic acids is 1. The number of nitrogens with two attached hydrogens (primary N) is 1. The van der Waals surface area contributed by atoms with Gasteiger partial charge in [0.2, 0.25) is 0 Å². The molecule has 0 aliphatic carbocycles. The molecule has 0 aliphatic rings. The Morgan fingerprint density at radius 3 is 2.23 bits per heavy atom. The van der Waals surface area contributed by atoms with E-state index < -0.39 is 11.9 Å². The van der Waals surface area contributed by atoms with Crippen molar-refractivity contribution in [3.05, 3.63) is 16.1 Å². The third-order valence-electron chi connectivity index (χ3n) is 2.71. The Labute approximate surface area is 136 Å². The van der Waals surface area contributed by atoms with Crippen molar-refractivity contribution >= 4 is 23.2 Å². The van der Waals surface area contributed by atoms with Gasteiger partial charge < -0.3 is 16.2 Å². The molecule has 1 aromatic heterocycles. The zero-order valence-electron chi connectivity index (χ0n) is 13.9. The van der Waals surface area contributed by atoms with Gasteiger partial charge in [0.1, 0.15) is 6.04 Å². The first-order chi connectivity index (χ1) is 10.2. The summed E-state index contributed by atoms with van der Waals surface area (Å²) < 4.78 is 0. The standard InChI is InChI=1S/C8H17NO2.C7H10N2OS/c1-4-5-7(8(10)11)9-6(2)3;1-4(2)5-3-9-7(11-5)6(8)10/h6-7,9H,4-5H2,1-3H3,(H,10,11);3-4H,1-2H3,(H2,8,10)/t7-;/m0./s1. The van der Waals surface area contributed by atoms with Gasteiger partial charge in [0.15, 0.2) is 5.01 Å². The van der Waals surface area contributed by atoms with E-state index in [-0.39, 0.29) is 12.1 Å². The molecule has 1 aromatic rings. The SMILES string of the molecule is CC(C)c1cnc(C(N)=O)s1.CCC[C@H](NC(C)C)C(=O)O. The minimum atomic E-state index is -0.749. The zero-order chi connectivity index (χ0) is 17.3. The highest BCUT2D eigenvalue weighted by Crippen LogP contribution is 2.21. The maximum Gasteiger partial charge on any atom is 0.320 e. The molecule has 22 heavy (non-hydrogen) atoms. The summed E-state index contributed by atoms with van der Waals surface area (Å²) in [5.74, 6) is -0.775. The molecule has 0 aromatic carbocycles. The largest absolute Gasteiger partial charge is 0.480 e. The highest BCUT2D eigenvalue weighted by Gasteiger charge is 2.15. The normalized spacial score (nSPS) is 12.0. The number of hydrogen-bond donors (Lipinski definition) is 3. The van der Waals surface area contributed by atoms with Crippen LogP contribution in [-0.4, -0.2) is 34.1 Å². The van der Waals surface area contributed by atoms with Gasteiger partial charge in [-0.3, -0.25) is 9.59 Å². The zero-order valence-corrected chi connectivity index (χ0v) is 14.7. The first kappa shape index (κ1) is 20.5. The summed E-state index contributed by atoms with van der Waals surface area (Å²) in [6.45, 7) is 9.99. The van der Waals surface area contributed by atoms with Crippen LogP contribution >= 0.6 is 11.3 Å². The molecular formula is C15H27N3O3S. The van der Waals surface area contributed by atoms with E-state index in [0.29, 0.717) is 17.3 Å². The molecular weight excluding hydrogens is 302 g/mol. The van der Waals surface area contributed by atoms with Gasteiger partial charge in [0.25, 0.3) is 5.91 Å². The van der Waals surface area contributed by atoms with E-state index in [0.717, 1.165) is 11.3 Å². The summed E-state index contributed by atoms with van der Waals surface area (Å²) in [5.41, 5.74) is 5.04. The fourth-order valence-electron chi connectivity index (χ4n) is 1.64. The predicted octanol–water partition coefficient (Wildman–Crippen LogP) is 2.60. The number of amides is 1. The van der Waals surface area contributed by atoms with Crippen molar-refractivity contribution < 1.29 is 14.7 Å². The number of nitrogens with zero attached hydrogens (tertiary/aromatic N) is 1. The Morgan fingerprint density at radius 2 is 1.95 bits per heavy atom. The number of rotatable bonds is 7. The molecule has 1 rings (SSSR count). The van der Waals surface area contributed by atoms with E-state index in [2.05, 4.69) is 24.1 Å². The molecule has 0 unspecified atom stereocenters. The predicted molar refractivity (Wildman–Crippen MR) is 89.3 cm³/mol. The summed E-state index contributed by atoms with van der Waals surface area (Å²) in [6, 6.07) is -0.136. The minimum absolute atomic E-state index is 0.239. The molecule has 0 spiro atoms. The van der Waals surface area contributed by atoms with Gasteiger partial charge in [-0.05, 0) is 12.3 Å². The summed E-state index contributed by atoms with van der Waals surface area (Å²) in [5, 5.41) is 12.1. The van der Waals surface area contributed by atoms with Crippen LogP contribution in [0.1, 0.15) is 68.1 Å². The average molecular weight is 329 g/mol. The van der Waals surface area contributed by atoms with E-state index in [4.69, 9.17) is 10.8 Å². The molecule has 0 saturated heterocycles. The highest BCUT2D eigenvalue weighted by atomic mass is 32.1. The lowest BCUT2D eigenvalue weighted by Crippen LogP contribution is -2.40. The van der Waals surface area contributed by atoms with E-state index in [1.807, 2.05) is 20.8 Å². The molecule has 0 bridgehead atoms. The number of aliphatic carboxylic acids is 1. The second-order valence-electron chi connectivity index (χ2n) is 5.59. The quantitative estimate of drug-likeness (QED) is 0.713. The maximum atomic E-state index is 10.6. The van der Waals surface area contributed by atoms with Crippen molar-refractivity contribution in [3.8, 4) is 0 Å². The molecule has 6 nitrogen and oxygen atoms in total. The van der Waals surface area contributed by atoms with Crippen molar-refractivity contribution in [1.82, 2.24) is 10.3 Å². The fourth-order valence-corrected chi connectivity index (χ4v) is 2.41. The second-order valence-corrected chi connectivity index (χ2v) is 6.65. The smallest absolute Gasteiger partial charge is 0.320 e. The summed E-state index contributed by atoms with van der Waals surface area (Å²) in [7, 11) is 0. The lowest BCUT2D eigenvalue weighted by Gasteiger charge is -2.15. The maximum absolute atomic E-state index is 10.6. The van der Waals surface area contributed by atoms with Crippen molar-refractivity contribution in [1.29, 1.82) is 0 Å². The molecule has 0 radical (unpaired) electrons. The number of primary amides is 1. The van der Waals surface area contributed by atoms with Crippen LogP contribution in [0.15, 0.2) is 6.20 Å². The molecule has 126 valence electrons. The topological polar surface area (TPSA) is 105 Å². The Kier molecular flexibility index (Phi) is 9.60. The Hall–Kier alpha value is -1.47. The van der Waals surface area contributed by atoms with Gasteiger partial charge in [-0.1, -0.05) is 41.0 Å². The van der Waals surface area contributed by atoms with Gasteiger partial charge in [-0.2, -0.15) is 0 Å². The van der Waals surface area contributed by atoms with Gasteiger partial charge in [-0.25, -0.2) is 4.98 Å². The summed E-state index contributed by atoms with van der Waals surface area (Å²) in [4.78, 5) is 26.1. The number of carbonyl (C=O) groups excluding carboxylic acids is 1. The molecule has 0 fully saturated rings. The number of aromatic nitrogens is 1. The molecule has 4 N–H and O–H groups in total. The minimum Gasteiger partial charge on any atom is -0.480 e. The first-order valence-corrected chi connectivity index (χ1v) is 8.25. The number of carboxylic acid groups (broad SMARTS) is 1. The lowest BCUT2D eigenvalue weighted by molar-refractivity contribution is -0.139. The van der Waals surface area contributed by atoms with Crippen LogP contribution in [0, 0.1) is 0 Å². The van der Waals surface area contributed by atoms with Crippen LogP contribution in [0.3, 0.4) is 0 Å². The van der Waals surface area contributed by atoms with Crippen LogP contribution in [0.4, 0.5) is 0 Å². The number of carbonyl (C=O) groups is 2. The van der Waals surface area contributed by atoms with E-state index >= 15 is 0 Å². The average Bonchev–Trinajstić information content (AvgIpc) is 2.88. The van der Waals surface area contributed by atoms with Crippen LogP contribution in [0.2, 0.25) is 0 Å². The first-order valence-electron chi connectivity index (χ1n) is 7.43. The van der Waals surface area contributed by atoms with E-state index in [1.165, 1.54) is 11.3 Å². The number of hydrogen-bond acceptors (Lipinski definition) is 5. The van der Waals surface area contributed by atoms with Crippen LogP contribution < -0.4 is 11.1 Å². The summed E-state index contributed by atoms with van der Waals surface area (Å²) in [6.07, 6.45) is 3.31. The Balaban J connectivity index is 0.000000401. The van der Waals surface area contributed by atoms with Crippen molar-refractivity contribution in [2.24, 2.45) is 5.73 Å². The van der Waals surface area contributed by atoms with Gasteiger partial charge in [0.05, 0.1) is 0 Å². The molecule has 1 heterocycles. The van der Waals surface area contributed by atoms with E-state index in [9.17, 15) is 9.59 Å². The van der Waals surface area contributed by atoms with Crippen LogP contribution in [-0.2, 0) is 4.79 Å². The molecule has 1 amide bonds. The van der Waals surface area contributed by atoms with Crippen molar-refractivity contribution in [2.45, 2.75) is 65.5 Å². The summed E-state index contributed by atoms with van der Waals surface area (Å²) >= 11 is 1.36. The van der Waals surface area contributed by atoms with Crippen LogP contribution in [0.5, 0.6) is 0 Å². The number of thiazole rings is 1. The van der Waals surface area contributed by atoms with Crippen LogP contribution in [0.25, 0.3) is 0 Å². The fraction of sp³-hybridized carbons (Fsp3) is 0.667. The molecule has 7 heteroatoms. The third-order valence-corrected chi connectivity index (χ3v) is 4.03. The highest BCUT2D eigenvalue weighted by molar-refractivity contribution is 7.13. The lowest BCUT2D eigenvalue weighted by atomic mass is 10.1. The van der Waals surface area contributed by atoms with Gasteiger partial charge >= 0.3 is 5.97 Å². The number of nitrogens with one attached hydrogen (secondary N) is 1. The molecule has 1 atom stereocenters. The van der Waals surface area contributed by atoms with Gasteiger partial charge in [0, 0.05) is 17.1 Å². The van der Waals surface area contributed by atoms with E-state index in [1.54, 1.807) is 6.20 Å². The second kappa shape index (κ2) is 10.3. The third kappa shape index (κ3) is 8.09. The van der Waals surface area contributed by atoms with Gasteiger partial charge in [-0.15, -0.1) is 11.3 Å². The monoisotopic (exact) mass is 329 g/mol. The van der Waals surface area contributed by atoms with Crippen molar-refractivity contribution in [3.63, 3.8) is 0 Å². The Morgan fingerprint density at radius 1 is 1.36 bits per heavy atom. The molecule has 0 aliphatic heterocycles. The van der Waals surface area contributed by atoms with Crippen molar-refractivity contribution in [2.75, 3.05) is 0 Å². The molecule has 0 saturated carbocycles. The Bertz CT molecular complexity index is 472.